The molecule has 1 unspecified atom stereocenters. The van der Waals surface area contributed by atoms with Gasteiger partial charge in [-0.05, 0) is 29.7 Å². The molecule has 2 aromatic rings. The maximum atomic E-state index is 10.9. The van der Waals surface area contributed by atoms with Gasteiger partial charge in [-0.25, -0.2) is 0 Å². The van der Waals surface area contributed by atoms with Crippen LogP contribution in [0, 0.1) is 0 Å². The summed E-state index contributed by atoms with van der Waals surface area (Å²) in [7, 11) is 1.64. The second-order valence-electron chi connectivity index (χ2n) is 4.78. The number of aliphatic hydroxyl groups is 1. The van der Waals surface area contributed by atoms with Gasteiger partial charge in [0, 0.05) is 6.42 Å². The molecule has 0 amide bonds. The molecule has 0 aliphatic rings. The first-order valence-electron chi connectivity index (χ1n) is 6.59. The predicted molar refractivity (Wildman–Crippen MR) is 77.3 cm³/mol. The topological polar surface area (TPSA) is 29.5 Å². The highest BCUT2D eigenvalue weighted by Crippen LogP contribution is 2.30. The SMILES string of the molecule is CCC(O)(Cc1ccccc1)c1ccc(OC)cc1. The van der Waals surface area contributed by atoms with E-state index in [-0.39, 0.29) is 0 Å². The molecule has 0 bridgehead atoms. The van der Waals surface area contributed by atoms with Crippen LogP contribution in [0.4, 0.5) is 0 Å². The fourth-order valence-corrected chi connectivity index (χ4v) is 2.27. The van der Waals surface area contributed by atoms with E-state index < -0.39 is 5.60 Å². The van der Waals surface area contributed by atoms with Gasteiger partial charge in [-0.1, -0.05) is 49.4 Å². The number of rotatable bonds is 5. The number of hydrogen-bond donors (Lipinski definition) is 1. The smallest absolute Gasteiger partial charge is 0.118 e. The second-order valence-corrected chi connectivity index (χ2v) is 4.78. The largest absolute Gasteiger partial charge is 0.497 e. The van der Waals surface area contributed by atoms with E-state index >= 15 is 0 Å². The molecular formula is C17H20O2. The Kier molecular flexibility index (Phi) is 4.23. The van der Waals surface area contributed by atoms with Crippen LogP contribution in [-0.4, -0.2) is 12.2 Å². The minimum atomic E-state index is -0.826. The summed E-state index contributed by atoms with van der Waals surface area (Å²) in [4.78, 5) is 0. The number of ether oxygens (including phenoxy) is 1. The van der Waals surface area contributed by atoms with Crippen LogP contribution in [0.1, 0.15) is 24.5 Å². The zero-order valence-corrected chi connectivity index (χ0v) is 11.5. The molecule has 2 nitrogen and oxygen atoms in total. The van der Waals surface area contributed by atoms with Gasteiger partial charge in [0.25, 0.3) is 0 Å². The molecule has 2 aromatic carbocycles. The third-order valence-corrected chi connectivity index (χ3v) is 3.55. The molecule has 0 heterocycles. The van der Waals surface area contributed by atoms with Crippen LogP contribution in [0.15, 0.2) is 54.6 Å². The Morgan fingerprint density at radius 3 is 2.16 bits per heavy atom. The molecule has 0 saturated carbocycles. The van der Waals surface area contributed by atoms with Crippen molar-refractivity contribution < 1.29 is 9.84 Å². The van der Waals surface area contributed by atoms with Crippen LogP contribution in [-0.2, 0) is 12.0 Å². The van der Waals surface area contributed by atoms with Gasteiger partial charge in [0.2, 0.25) is 0 Å². The van der Waals surface area contributed by atoms with Crippen molar-refractivity contribution in [3.05, 3.63) is 65.7 Å². The van der Waals surface area contributed by atoms with Gasteiger partial charge in [0.1, 0.15) is 5.75 Å². The summed E-state index contributed by atoms with van der Waals surface area (Å²) in [5.41, 5.74) is 1.25. The van der Waals surface area contributed by atoms with Crippen molar-refractivity contribution in [3.8, 4) is 5.75 Å². The predicted octanol–water partition coefficient (Wildman–Crippen LogP) is 3.54. The summed E-state index contributed by atoms with van der Waals surface area (Å²) in [5.74, 6) is 0.807. The highest BCUT2D eigenvalue weighted by Gasteiger charge is 2.27. The van der Waals surface area contributed by atoms with Gasteiger partial charge >= 0.3 is 0 Å². The Labute approximate surface area is 114 Å². The van der Waals surface area contributed by atoms with Gasteiger partial charge < -0.3 is 9.84 Å². The van der Waals surface area contributed by atoms with Crippen LogP contribution in [0.5, 0.6) is 5.75 Å². The fourth-order valence-electron chi connectivity index (χ4n) is 2.27. The van der Waals surface area contributed by atoms with Gasteiger partial charge in [-0.2, -0.15) is 0 Å². The Morgan fingerprint density at radius 1 is 1.00 bits per heavy atom. The van der Waals surface area contributed by atoms with E-state index in [9.17, 15) is 5.11 Å². The summed E-state index contributed by atoms with van der Waals surface area (Å²) in [6.45, 7) is 2.01. The summed E-state index contributed by atoms with van der Waals surface area (Å²) < 4.78 is 5.15. The highest BCUT2D eigenvalue weighted by atomic mass is 16.5. The molecular weight excluding hydrogens is 236 g/mol. The molecule has 1 atom stereocenters. The fraction of sp³-hybridized carbons (Fsp3) is 0.294. The molecule has 0 aromatic heterocycles. The van der Waals surface area contributed by atoms with E-state index in [0.29, 0.717) is 12.8 Å². The zero-order chi connectivity index (χ0) is 13.7. The third kappa shape index (κ3) is 3.15. The number of methoxy groups -OCH3 is 1. The summed E-state index contributed by atoms with van der Waals surface area (Å²) in [6, 6.07) is 17.7. The molecule has 0 saturated heterocycles. The molecule has 0 aliphatic heterocycles. The zero-order valence-electron chi connectivity index (χ0n) is 11.5. The lowest BCUT2D eigenvalue weighted by Crippen LogP contribution is -2.27. The van der Waals surface area contributed by atoms with Crippen molar-refractivity contribution in [1.29, 1.82) is 0 Å². The molecule has 100 valence electrons. The lowest BCUT2D eigenvalue weighted by atomic mass is 9.85. The van der Waals surface area contributed by atoms with E-state index in [1.807, 2.05) is 61.5 Å². The van der Waals surface area contributed by atoms with Crippen molar-refractivity contribution in [1.82, 2.24) is 0 Å². The van der Waals surface area contributed by atoms with Gasteiger partial charge in [0.05, 0.1) is 12.7 Å². The summed E-state index contributed by atoms with van der Waals surface area (Å²) in [5, 5.41) is 10.9. The molecule has 0 spiro atoms. The van der Waals surface area contributed by atoms with Crippen LogP contribution >= 0.6 is 0 Å². The van der Waals surface area contributed by atoms with Crippen molar-refractivity contribution in [2.45, 2.75) is 25.4 Å². The van der Waals surface area contributed by atoms with Gasteiger partial charge in [-0.15, -0.1) is 0 Å². The molecule has 19 heavy (non-hydrogen) atoms. The third-order valence-electron chi connectivity index (χ3n) is 3.55. The lowest BCUT2D eigenvalue weighted by molar-refractivity contribution is 0.0327. The van der Waals surface area contributed by atoms with Crippen molar-refractivity contribution >= 4 is 0 Å². The van der Waals surface area contributed by atoms with E-state index in [4.69, 9.17) is 4.74 Å². The molecule has 0 aliphatic carbocycles. The number of benzene rings is 2. The van der Waals surface area contributed by atoms with Crippen molar-refractivity contribution in [3.63, 3.8) is 0 Å². The van der Waals surface area contributed by atoms with Crippen LogP contribution < -0.4 is 4.74 Å². The second kappa shape index (κ2) is 5.89. The molecule has 0 fully saturated rings. The standard InChI is InChI=1S/C17H20O2/c1-3-17(18,13-14-7-5-4-6-8-14)15-9-11-16(19-2)12-10-15/h4-12,18H,3,13H2,1-2H3. The monoisotopic (exact) mass is 256 g/mol. The average molecular weight is 256 g/mol. The van der Waals surface area contributed by atoms with E-state index in [2.05, 4.69) is 0 Å². The normalized spacial score (nSPS) is 13.8. The first-order chi connectivity index (χ1) is 9.18. The lowest BCUT2D eigenvalue weighted by Gasteiger charge is -2.27. The number of hydrogen-bond acceptors (Lipinski definition) is 2. The van der Waals surface area contributed by atoms with Crippen LogP contribution in [0.3, 0.4) is 0 Å². The van der Waals surface area contributed by atoms with Gasteiger partial charge in [-0.3, -0.25) is 0 Å². The van der Waals surface area contributed by atoms with Gasteiger partial charge in [0.15, 0.2) is 0 Å². The summed E-state index contributed by atoms with van der Waals surface area (Å²) in [6.07, 6.45) is 1.30. The first-order valence-corrected chi connectivity index (χ1v) is 6.59. The van der Waals surface area contributed by atoms with Crippen LogP contribution in [0.2, 0.25) is 0 Å². The minimum absolute atomic E-state index is 0.622. The maximum Gasteiger partial charge on any atom is 0.118 e. The van der Waals surface area contributed by atoms with Crippen LogP contribution in [0.25, 0.3) is 0 Å². The highest BCUT2D eigenvalue weighted by molar-refractivity contribution is 5.32. The van der Waals surface area contributed by atoms with Crippen molar-refractivity contribution in [2.24, 2.45) is 0 Å². The Morgan fingerprint density at radius 2 is 1.63 bits per heavy atom. The summed E-state index contributed by atoms with van der Waals surface area (Å²) >= 11 is 0. The Bertz CT molecular complexity index is 505. The maximum absolute atomic E-state index is 10.9. The molecule has 2 heteroatoms. The molecule has 0 radical (unpaired) electrons. The quantitative estimate of drug-likeness (QED) is 0.886. The average Bonchev–Trinajstić information content (AvgIpc) is 2.48. The molecule has 1 N–H and O–H groups in total. The Hall–Kier alpha value is -1.80. The van der Waals surface area contributed by atoms with Crippen molar-refractivity contribution in [2.75, 3.05) is 7.11 Å². The van der Waals surface area contributed by atoms with E-state index in [0.717, 1.165) is 16.9 Å². The first kappa shape index (κ1) is 13.6. The molecule has 2 rings (SSSR count). The van der Waals surface area contributed by atoms with E-state index in [1.165, 1.54) is 0 Å². The minimum Gasteiger partial charge on any atom is -0.497 e. The van der Waals surface area contributed by atoms with E-state index in [1.54, 1.807) is 7.11 Å². The Balaban J connectivity index is 2.25.